The molecule has 1 aromatic heterocycles. The van der Waals surface area contributed by atoms with Crippen LogP contribution >= 0.6 is 0 Å². The minimum Gasteiger partial charge on any atom is -0.383 e. The number of nitrogen functional groups attached to an aromatic ring is 1. The Labute approximate surface area is 93.3 Å². The molecule has 2 heterocycles. The molecule has 1 fully saturated rings. The lowest BCUT2D eigenvalue weighted by Gasteiger charge is -2.16. The van der Waals surface area contributed by atoms with Gasteiger partial charge in [0.25, 0.3) is 5.91 Å². The van der Waals surface area contributed by atoms with Crippen molar-refractivity contribution in [2.75, 3.05) is 18.8 Å². The molecule has 1 unspecified atom stereocenters. The summed E-state index contributed by atoms with van der Waals surface area (Å²) in [5.74, 6) is -0.184. The second kappa shape index (κ2) is 4.08. The van der Waals surface area contributed by atoms with Crippen LogP contribution in [0, 0.1) is 11.7 Å². The van der Waals surface area contributed by atoms with Crippen molar-refractivity contribution in [2.24, 2.45) is 5.92 Å². The quantitative estimate of drug-likeness (QED) is 0.780. The largest absolute Gasteiger partial charge is 0.383 e. The molecule has 86 valence electrons. The van der Waals surface area contributed by atoms with Crippen molar-refractivity contribution < 1.29 is 9.18 Å². The predicted octanol–water partition coefficient (Wildman–Crippen LogP) is 1.28. The Morgan fingerprint density at radius 2 is 2.44 bits per heavy atom. The smallest absolute Gasteiger partial charge is 0.257 e. The molecule has 0 aromatic carbocycles. The van der Waals surface area contributed by atoms with Gasteiger partial charge in [-0.15, -0.1) is 0 Å². The Bertz CT molecular complexity index is 422. The Morgan fingerprint density at radius 1 is 1.69 bits per heavy atom. The van der Waals surface area contributed by atoms with E-state index in [4.69, 9.17) is 5.73 Å². The number of rotatable bonds is 1. The highest BCUT2D eigenvalue weighted by Gasteiger charge is 2.25. The summed E-state index contributed by atoms with van der Waals surface area (Å²) in [6.07, 6.45) is 1.99. The average Bonchev–Trinajstić information content (AvgIpc) is 2.67. The van der Waals surface area contributed by atoms with Crippen molar-refractivity contribution in [1.29, 1.82) is 0 Å². The highest BCUT2D eigenvalue weighted by Crippen LogP contribution is 2.20. The molecular weight excluding hydrogens is 209 g/mol. The van der Waals surface area contributed by atoms with Crippen LogP contribution in [-0.4, -0.2) is 28.9 Å². The molecular formula is C11H14FN3O. The van der Waals surface area contributed by atoms with Gasteiger partial charge in [0, 0.05) is 13.1 Å². The molecule has 0 spiro atoms. The van der Waals surface area contributed by atoms with Gasteiger partial charge in [-0.2, -0.15) is 0 Å². The van der Waals surface area contributed by atoms with Gasteiger partial charge in [0.2, 0.25) is 0 Å². The van der Waals surface area contributed by atoms with Crippen LogP contribution in [0.4, 0.5) is 10.2 Å². The summed E-state index contributed by atoms with van der Waals surface area (Å²) in [4.78, 5) is 17.3. The lowest BCUT2D eigenvalue weighted by atomic mass is 10.2. The summed E-state index contributed by atoms with van der Waals surface area (Å²) in [5.41, 5.74) is 5.73. The number of anilines is 1. The SMILES string of the molecule is CC1CCN(C(=O)c2cc(F)cnc2N)C1. The van der Waals surface area contributed by atoms with Crippen LogP contribution < -0.4 is 5.73 Å². The van der Waals surface area contributed by atoms with E-state index in [1.807, 2.05) is 0 Å². The summed E-state index contributed by atoms with van der Waals surface area (Å²) in [6, 6.07) is 1.15. The van der Waals surface area contributed by atoms with E-state index in [9.17, 15) is 9.18 Å². The van der Waals surface area contributed by atoms with Crippen molar-refractivity contribution >= 4 is 11.7 Å². The van der Waals surface area contributed by atoms with Crippen LogP contribution in [-0.2, 0) is 0 Å². The monoisotopic (exact) mass is 223 g/mol. The van der Waals surface area contributed by atoms with Gasteiger partial charge in [0.15, 0.2) is 0 Å². The van der Waals surface area contributed by atoms with Crippen LogP contribution in [0.5, 0.6) is 0 Å². The normalized spacial score (nSPS) is 20.1. The van der Waals surface area contributed by atoms with Gasteiger partial charge in [-0.05, 0) is 18.4 Å². The van der Waals surface area contributed by atoms with E-state index in [0.717, 1.165) is 18.7 Å². The molecule has 1 saturated heterocycles. The zero-order valence-corrected chi connectivity index (χ0v) is 9.11. The Kier molecular flexibility index (Phi) is 2.77. The number of nitrogens with two attached hydrogens (primary N) is 1. The first-order valence-electron chi connectivity index (χ1n) is 5.28. The maximum atomic E-state index is 13.0. The molecule has 1 aromatic rings. The van der Waals surface area contributed by atoms with Gasteiger partial charge < -0.3 is 10.6 Å². The van der Waals surface area contributed by atoms with E-state index >= 15 is 0 Å². The third-order valence-electron chi connectivity index (χ3n) is 2.83. The standard InChI is InChI=1S/C11H14FN3O/c1-7-2-3-15(6-7)11(16)9-4-8(12)5-14-10(9)13/h4-5,7H,2-3,6H2,1H3,(H2,13,14). The number of carbonyl (C=O) groups is 1. The third kappa shape index (κ3) is 1.98. The number of halogens is 1. The van der Waals surface area contributed by atoms with Crippen LogP contribution in [0.2, 0.25) is 0 Å². The number of pyridine rings is 1. The summed E-state index contributed by atoms with van der Waals surface area (Å²) in [5, 5.41) is 0. The molecule has 16 heavy (non-hydrogen) atoms. The number of hydrogen-bond acceptors (Lipinski definition) is 3. The molecule has 1 aliphatic rings. The second-order valence-corrected chi connectivity index (χ2v) is 4.23. The van der Waals surface area contributed by atoms with E-state index in [-0.39, 0.29) is 17.3 Å². The molecule has 0 aliphatic carbocycles. The number of hydrogen-bond donors (Lipinski definition) is 1. The topological polar surface area (TPSA) is 59.2 Å². The first-order chi connectivity index (χ1) is 7.58. The summed E-state index contributed by atoms with van der Waals surface area (Å²) < 4.78 is 13.0. The molecule has 0 saturated carbocycles. The van der Waals surface area contributed by atoms with Gasteiger partial charge in [0.1, 0.15) is 11.6 Å². The number of nitrogens with zero attached hydrogens (tertiary/aromatic N) is 2. The van der Waals surface area contributed by atoms with Gasteiger partial charge in [-0.25, -0.2) is 9.37 Å². The van der Waals surface area contributed by atoms with Crippen molar-refractivity contribution in [3.8, 4) is 0 Å². The predicted molar refractivity (Wildman–Crippen MR) is 58.3 cm³/mol. The fourth-order valence-corrected chi connectivity index (χ4v) is 1.91. The lowest BCUT2D eigenvalue weighted by molar-refractivity contribution is 0.0788. The minimum atomic E-state index is -0.537. The summed E-state index contributed by atoms with van der Waals surface area (Å²) in [6.45, 7) is 3.49. The summed E-state index contributed by atoms with van der Waals surface area (Å²) in [7, 11) is 0. The van der Waals surface area contributed by atoms with E-state index in [1.165, 1.54) is 0 Å². The first kappa shape index (κ1) is 10.9. The first-order valence-corrected chi connectivity index (χ1v) is 5.28. The highest BCUT2D eigenvalue weighted by molar-refractivity contribution is 5.98. The molecule has 1 aliphatic heterocycles. The molecule has 5 heteroatoms. The lowest BCUT2D eigenvalue weighted by Crippen LogP contribution is -2.29. The van der Waals surface area contributed by atoms with Gasteiger partial charge in [-0.1, -0.05) is 6.92 Å². The second-order valence-electron chi connectivity index (χ2n) is 4.23. The molecule has 0 radical (unpaired) electrons. The van der Waals surface area contributed by atoms with Gasteiger partial charge in [-0.3, -0.25) is 4.79 Å². The minimum absolute atomic E-state index is 0.0888. The van der Waals surface area contributed by atoms with Crippen LogP contribution in [0.1, 0.15) is 23.7 Å². The maximum Gasteiger partial charge on any atom is 0.257 e. The number of carbonyl (C=O) groups excluding carboxylic acids is 1. The van der Waals surface area contributed by atoms with E-state index < -0.39 is 5.82 Å². The molecule has 2 rings (SSSR count). The van der Waals surface area contributed by atoms with Crippen molar-refractivity contribution in [1.82, 2.24) is 9.88 Å². The zero-order valence-electron chi connectivity index (χ0n) is 9.11. The van der Waals surface area contributed by atoms with E-state index in [0.29, 0.717) is 19.0 Å². The molecule has 2 N–H and O–H groups in total. The Morgan fingerprint density at radius 3 is 3.06 bits per heavy atom. The maximum absolute atomic E-state index is 13.0. The Hall–Kier alpha value is -1.65. The fraction of sp³-hybridized carbons (Fsp3) is 0.455. The molecule has 1 amide bonds. The van der Waals surface area contributed by atoms with Crippen LogP contribution in [0.15, 0.2) is 12.3 Å². The Balaban J connectivity index is 2.23. The third-order valence-corrected chi connectivity index (χ3v) is 2.83. The zero-order chi connectivity index (χ0) is 11.7. The number of amides is 1. The van der Waals surface area contributed by atoms with Gasteiger partial charge >= 0.3 is 0 Å². The number of aromatic nitrogens is 1. The van der Waals surface area contributed by atoms with Gasteiger partial charge in [0.05, 0.1) is 11.8 Å². The van der Waals surface area contributed by atoms with Crippen LogP contribution in [0.3, 0.4) is 0 Å². The highest BCUT2D eigenvalue weighted by atomic mass is 19.1. The molecule has 1 atom stereocenters. The van der Waals surface area contributed by atoms with Crippen molar-refractivity contribution in [2.45, 2.75) is 13.3 Å². The van der Waals surface area contributed by atoms with E-state index in [1.54, 1.807) is 4.90 Å². The average molecular weight is 223 g/mol. The molecule has 4 nitrogen and oxygen atoms in total. The number of likely N-dealkylation sites (tertiary alicyclic amines) is 1. The van der Waals surface area contributed by atoms with Crippen molar-refractivity contribution in [3.05, 3.63) is 23.6 Å². The summed E-state index contributed by atoms with van der Waals surface area (Å²) >= 11 is 0. The fourth-order valence-electron chi connectivity index (χ4n) is 1.91. The van der Waals surface area contributed by atoms with Crippen LogP contribution in [0.25, 0.3) is 0 Å². The van der Waals surface area contributed by atoms with Crippen molar-refractivity contribution in [3.63, 3.8) is 0 Å². The molecule has 0 bridgehead atoms. The van der Waals surface area contributed by atoms with E-state index in [2.05, 4.69) is 11.9 Å².